The van der Waals surface area contributed by atoms with Gasteiger partial charge in [-0.3, -0.25) is 4.79 Å². The molecule has 8 nitrogen and oxygen atoms in total. The summed E-state index contributed by atoms with van der Waals surface area (Å²) in [6.45, 7) is 5.43. The number of hydrogen-bond acceptors (Lipinski definition) is 7. The average Bonchev–Trinajstić information content (AvgIpc) is 3.28. The van der Waals surface area contributed by atoms with E-state index in [1.807, 2.05) is 12.1 Å². The number of pyridine rings is 1. The molecule has 0 atom stereocenters. The van der Waals surface area contributed by atoms with Crippen LogP contribution in [-0.2, 0) is 11.3 Å². The fourth-order valence-electron chi connectivity index (χ4n) is 3.40. The first-order valence-electron chi connectivity index (χ1n) is 9.42. The molecular weight excluding hydrogens is 344 g/mol. The molecule has 142 valence electrons. The molecule has 2 saturated heterocycles. The highest BCUT2D eigenvalue weighted by atomic mass is 16.5. The van der Waals surface area contributed by atoms with Crippen LogP contribution in [0.1, 0.15) is 28.9 Å². The predicted molar refractivity (Wildman–Crippen MR) is 102 cm³/mol. The van der Waals surface area contributed by atoms with Gasteiger partial charge in [0.05, 0.1) is 13.2 Å². The van der Waals surface area contributed by atoms with Crippen LogP contribution in [0, 0.1) is 0 Å². The van der Waals surface area contributed by atoms with Gasteiger partial charge in [-0.15, -0.1) is 0 Å². The van der Waals surface area contributed by atoms with E-state index in [4.69, 9.17) is 4.74 Å². The van der Waals surface area contributed by atoms with Gasteiger partial charge < -0.3 is 19.9 Å². The first kappa shape index (κ1) is 17.7. The monoisotopic (exact) mass is 368 g/mol. The lowest BCUT2D eigenvalue weighted by atomic mass is 10.2. The number of rotatable bonds is 5. The zero-order valence-corrected chi connectivity index (χ0v) is 15.3. The van der Waals surface area contributed by atoms with Gasteiger partial charge in [-0.2, -0.15) is 0 Å². The van der Waals surface area contributed by atoms with Crippen molar-refractivity contribution in [1.29, 1.82) is 0 Å². The summed E-state index contributed by atoms with van der Waals surface area (Å²) in [6, 6.07) is 5.71. The maximum absolute atomic E-state index is 12.5. The summed E-state index contributed by atoms with van der Waals surface area (Å²) in [7, 11) is 0. The molecule has 2 aromatic heterocycles. The molecule has 4 heterocycles. The van der Waals surface area contributed by atoms with E-state index in [1.54, 1.807) is 12.3 Å². The number of nitrogens with one attached hydrogen (secondary N) is 1. The third-order valence-corrected chi connectivity index (χ3v) is 4.91. The molecule has 0 radical (unpaired) electrons. The molecule has 0 aliphatic carbocycles. The van der Waals surface area contributed by atoms with Crippen molar-refractivity contribution in [3.63, 3.8) is 0 Å². The maximum atomic E-state index is 12.5. The number of amides is 1. The molecule has 0 unspecified atom stereocenters. The molecule has 0 saturated carbocycles. The van der Waals surface area contributed by atoms with E-state index in [0.29, 0.717) is 25.5 Å². The van der Waals surface area contributed by atoms with E-state index in [-0.39, 0.29) is 5.91 Å². The van der Waals surface area contributed by atoms with Gasteiger partial charge in [0, 0.05) is 45.0 Å². The van der Waals surface area contributed by atoms with Crippen molar-refractivity contribution in [2.45, 2.75) is 19.4 Å². The van der Waals surface area contributed by atoms with Gasteiger partial charge in [-0.25, -0.2) is 15.0 Å². The summed E-state index contributed by atoms with van der Waals surface area (Å²) in [5, 5.41) is 2.94. The summed E-state index contributed by atoms with van der Waals surface area (Å²) < 4.78 is 5.36. The van der Waals surface area contributed by atoms with Crippen LogP contribution >= 0.6 is 0 Å². The Morgan fingerprint density at radius 3 is 2.56 bits per heavy atom. The second-order valence-electron chi connectivity index (χ2n) is 6.76. The van der Waals surface area contributed by atoms with Crippen LogP contribution in [0.15, 0.2) is 30.7 Å². The Balaban J connectivity index is 1.38. The summed E-state index contributed by atoms with van der Waals surface area (Å²) in [6.07, 6.45) is 5.66. The molecule has 1 N–H and O–H groups in total. The Morgan fingerprint density at radius 1 is 1.00 bits per heavy atom. The van der Waals surface area contributed by atoms with Crippen LogP contribution in [0.4, 0.5) is 11.6 Å². The number of aromatic nitrogens is 3. The van der Waals surface area contributed by atoms with Crippen molar-refractivity contribution in [3.8, 4) is 0 Å². The van der Waals surface area contributed by atoms with Crippen LogP contribution in [0.25, 0.3) is 0 Å². The first-order chi connectivity index (χ1) is 13.3. The Bertz CT molecular complexity index is 787. The minimum atomic E-state index is -0.202. The largest absolute Gasteiger partial charge is 0.378 e. The Kier molecular flexibility index (Phi) is 5.43. The Labute approximate surface area is 158 Å². The fourth-order valence-corrected chi connectivity index (χ4v) is 3.40. The van der Waals surface area contributed by atoms with E-state index in [2.05, 4.69) is 30.1 Å². The molecule has 2 fully saturated rings. The van der Waals surface area contributed by atoms with Crippen molar-refractivity contribution in [2.75, 3.05) is 49.2 Å². The number of ether oxygens (including phenoxy) is 1. The van der Waals surface area contributed by atoms with E-state index in [9.17, 15) is 4.79 Å². The molecule has 1 amide bonds. The minimum Gasteiger partial charge on any atom is -0.378 e. The van der Waals surface area contributed by atoms with Gasteiger partial charge in [-0.1, -0.05) is 0 Å². The molecule has 0 bridgehead atoms. The third kappa shape index (κ3) is 4.33. The molecule has 4 rings (SSSR count). The second kappa shape index (κ2) is 8.30. The highest BCUT2D eigenvalue weighted by Gasteiger charge is 2.16. The zero-order chi connectivity index (χ0) is 18.5. The number of carbonyl (C=O) groups is 1. The average molecular weight is 368 g/mol. The quantitative estimate of drug-likeness (QED) is 0.850. The number of anilines is 2. The lowest BCUT2D eigenvalue weighted by Crippen LogP contribution is -2.37. The summed E-state index contributed by atoms with van der Waals surface area (Å²) >= 11 is 0. The predicted octanol–water partition coefficient (Wildman–Crippen LogP) is 1.24. The van der Waals surface area contributed by atoms with Gasteiger partial charge >= 0.3 is 0 Å². The lowest BCUT2D eigenvalue weighted by Gasteiger charge is -2.27. The normalized spacial score (nSPS) is 17.2. The highest BCUT2D eigenvalue weighted by molar-refractivity contribution is 5.92. The molecule has 8 heteroatoms. The van der Waals surface area contributed by atoms with Crippen molar-refractivity contribution in [3.05, 3.63) is 42.0 Å². The van der Waals surface area contributed by atoms with Gasteiger partial charge in [0.15, 0.2) is 0 Å². The summed E-state index contributed by atoms with van der Waals surface area (Å²) in [5.41, 5.74) is 1.41. The van der Waals surface area contributed by atoms with E-state index in [0.717, 1.165) is 43.4 Å². The Morgan fingerprint density at radius 2 is 1.74 bits per heavy atom. The lowest BCUT2D eigenvalue weighted by molar-refractivity contribution is 0.0945. The summed E-state index contributed by atoms with van der Waals surface area (Å²) in [5.74, 6) is 1.54. The molecule has 2 aliphatic rings. The van der Waals surface area contributed by atoms with Crippen molar-refractivity contribution >= 4 is 17.5 Å². The van der Waals surface area contributed by atoms with Crippen LogP contribution in [0.2, 0.25) is 0 Å². The molecule has 2 aromatic rings. The molecule has 27 heavy (non-hydrogen) atoms. The van der Waals surface area contributed by atoms with Crippen LogP contribution in [0.3, 0.4) is 0 Å². The standard InChI is InChI=1S/C19H24N6O2/c26-19(16-12-18(23-14-22-16)25-7-9-27-10-8-25)21-13-15-3-4-20-17(11-15)24-5-1-2-6-24/h3-4,11-12,14H,1-2,5-10,13H2,(H,21,26). The smallest absolute Gasteiger partial charge is 0.270 e. The topological polar surface area (TPSA) is 83.5 Å². The maximum Gasteiger partial charge on any atom is 0.270 e. The van der Waals surface area contributed by atoms with Gasteiger partial charge in [0.25, 0.3) is 5.91 Å². The highest BCUT2D eigenvalue weighted by Crippen LogP contribution is 2.18. The third-order valence-electron chi connectivity index (χ3n) is 4.91. The zero-order valence-electron chi connectivity index (χ0n) is 15.3. The van der Waals surface area contributed by atoms with E-state index in [1.165, 1.54) is 19.2 Å². The minimum absolute atomic E-state index is 0.202. The van der Waals surface area contributed by atoms with Crippen molar-refractivity contribution < 1.29 is 9.53 Å². The van der Waals surface area contributed by atoms with Crippen LogP contribution in [0.5, 0.6) is 0 Å². The van der Waals surface area contributed by atoms with Crippen LogP contribution in [-0.4, -0.2) is 60.3 Å². The number of carbonyl (C=O) groups excluding carboxylic acids is 1. The molecular formula is C19H24N6O2. The number of nitrogens with zero attached hydrogens (tertiary/aromatic N) is 5. The van der Waals surface area contributed by atoms with E-state index < -0.39 is 0 Å². The Hall–Kier alpha value is -2.74. The summed E-state index contributed by atoms with van der Waals surface area (Å²) in [4.78, 5) is 29.8. The van der Waals surface area contributed by atoms with E-state index >= 15 is 0 Å². The first-order valence-corrected chi connectivity index (χ1v) is 9.42. The van der Waals surface area contributed by atoms with Crippen LogP contribution < -0.4 is 15.1 Å². The second-order valence-corrected chi connectivity index (χ2v) is 6.76. The SMILES string of the molecule is O=C(NCc1ccnc(N2CCCC2)c1)c1cc(N2CCOCC2)ncn1. The van der Waals surface area contributed by atoms with Gasteiger partial charge in [0.1, 0.15) is 23.7 Å². The van der Waals surface area contributed by atoms with Gasteiger partial charge in [0.2, 0.25) is 0 Å². The van der Waals surface area contributed by atoms with Gasteiger partial charge in [-0.05, 0) is 30.5 Å². The molecule has 0 spiro atoms. The molecule has 0 aromatic carbocycles. The fraction of sp³-hybridized carbons (Fsp3) is 0.474. The number of morpholine rings is 1. The number of hydrogen-bond donors (Lipinski definition) is 1. The van der Waals surface area contributed by atoms with Crippen molar-refractivity contribution in [2.24, 2.45) is 0 Å². The van der Waals surface area contributed by atoms with Crippen molar-refractivity contribution in [1.82, 2.24) is 20.3 Å². The molecule has 2 aliphatic heterocycles.